The molecule has 29 heavy (non-hydrogen) atoms. The number of carbonyl (C=O) groups excluding carboxylic acids is 1. The maximum Gasteiger partial charge on any atom is 0.260 e. The molecule has 7 heteroatoms. The molecule has 0 N–H and O–H groups in total. The van der Waals surface area contributed by atoms with Crippen LogP contribution in [-0.2, 0) is 7.05 Å². The lowest BCUT2D eigenvalue weighted by molar-refractivity contribution is 0.0726. The van der Waals surface area contributed by atoms with E-state index in [-0.39, 0.29) is 11.5 Å². The molecule has 3 aromatic heterocycles. The fourth-order valence-electron chi connectivity index (χ4n) is 4.03. The lowest BCUT2D eigenvalue weighted by Gasteiger charge is -2.26. The molecule has 1 amide bonds. The van der Waals surface area contributed by atoms with Crippen molar-refractivity contribution in [2.75, 3.05) is 13.1 Å². The summed E-state index contributed by atoms with van der Waals surface area (Å²) in [6.45, 7) is 1.61. The fraction of sp³-hybridized carbons (Fsp3) is 0.273. The Hall–Kier alpha value is -3.48. The molecule has 0 aliphatic carbocycles. The minimum atomic E-state index is -0.0757. The molecule has 0 spiro atoms. The Balaban J connectivity index is 1.60. The second-order valence-electron chi connectivity index (χ2n) is 7.51. The fourth-order valence-corrected chi connectivity index (χ4v) is 4.03. The van der Waals surface area contributed by atoms with Crippen molar-refractivity contribution >= 4 is 22.3 Å². The Labute approximate surface area is 167 Å². The number of aromatic nitrogens is 4. The van der Waals surface area contributed by atoms with E-state index in [4.69, 9.17) is 0 Å². The molecule has 1 saturated heterocycles. The van der Waals surface area contributed by atoms with Crippen molar-refractivity contribution in [3.63, 3.8) is 0 Å². The molecule has 0 radical (unpaired) electrons. The second kappa shape index (κ2) is 6.84. The van der Waals surface area contributed by atoms with Gasteiger partial charge in [0.15, 0.2) is 0 Å². The van der Waals surface area contributed by atoms with Gasteiger partial charge < -0.3 is 9.47 Å². The number of carbonyl (C=O) groups is 1. The van der Waals surface area contributed by atoms with E-state index in [0.29, 0.717) is 16.5 Å². The van der Waals surface area contributed by atoms with Gasteiger partial charge in [-0.05, 0) is 43.5 Å². The molecular weight excluding hydrogens is 366 g/mol. The van der Waals surface area contributed by atoms with Gasteiger partial charge in [0.25, 0.3) is 11.5 Å². The summed E-state index contributed by atoms with van der Waals surface area (Å²) in [7, 11) is 1.69. The van der Waals surface area contributed by atoms with E-state index < -0.39 is 0 Å². The molecule has 4 heterocycles. The normalized spacial score (nSPS) is 14.6. The van der Waals surface area contributed by atoms with Crippen LogP contribution in [0.2, 0.25) is 0 Å². The summed E-state index contributed by atoms with van der Waals surface area (Å²) >= 11 is 0. The Kier molecular flexibility index (Phi) is 4.16. The number of pyridine rings is 1. The van der Waals surface area contributed by atoms with Gasteiger partial charge in [0.1, 0.15) is 0 Å². The van der Waals surface area contributed by atoms with Crippen LogP contribution in [0.4, 0.5) is 0 Å². The first-order chi connectivity index (χ1) is 14.1. The average Bonchev–Trinajstić information content (AvgIpc) is 3.20. The zero-order valence-corrected chi connectivity index (χ0v) is 16.2. The van der Waals surface area contributed by atoms with Gasteiger partial charge in [-0.15, -0.1) is 0 Å². The number of piperidine rings is 1. The summed E-state index contributed by atoms with van der Waals surface area (Å²) in [5.74, 6) is 0.0422. The SMILES string of the molecule is Cn1cnc2cc(-c3cccc4c(C(=O)N5CCCCC5)cnn34)ccc2c1=O. The van der Waals surface area contributed by atoms with E-state index in [1.165, 1.54) is 17.3 Å². The van der Waals surface area contributed by atoms with E-state index >= 15 is 0 Å². The third-order valence-corrected chi connectivity index (χ3v) is 5.63. The smallest absolute Gasteiger partial charge is 0.260 e. The highest BCUT2D eigenvalue weighted by Crippen LogP contribution is 2.25. The summed E-state index contributed by atoms with van der Waals surface area (Å²) < 4.78 is 3.26. The summed E-state index contributed by atoms with van der Waals surface area (Å²) in [5, 5.41) is 5.08. The van der Waals surface area contributed by atoms with E-state index in [1.807, 2.05) is 35.2 Å². The van der Waals surface area contributed by atoms with Crippen LogP contribution < -0.4 is 5.56 Å². The Morgan fingerprint density at radius 3 is 2.72 bits per heavy atom. The largest absolute Gasteiger partial charge is 0.339 e. The highest BCUT2D eigenvalue weighted by atomic mass is 16.2. The van der Waals surface area contributed by atoms with Gasteiger partial charge in [-0.2, -0.15) is 5.10 Å². The maximum atomic E-state index is 13.0. The summed E-state index contributed by atoms with van der Waals surface area (Å²) in [4.78, 5) is 31.6. The number of benzene rings is 1. The maximum absolute atomic E-state index is 13.0. The first kappa shape index (κ1) is 17.6. The topological polar surface area (TPSA) is 72.5 Å². The summed E-state index contributed by atoms with van der Waals surface area (Å²) in [5.41, 5.74) is 3.72. The van der Waals surface area contributed by atoms with Crippen LogP contribution in [0.25, 0.3) is 27.7 Å². The van der Waals surface area contributed by atoms with Gasteiger partial charge >= 0.3 is 0 Å². The van der Waals surface area contributed by atoms with Crippen LogP contribution in [0, 0.1) is 0 Å². The van der Waals surface area contributed by atoms with E-state index in [2.05, 4.69) is 10.1 Å². The highest BCUT2D eigenvalue weighted by molar-refractivity contribution is 6.01. The number of likely N-dealkylation sites (tertiary alicyclic amines) is 1. The number of hydrogen-bond donors (Lipinski definition) is 0. The molecule has 0 bridgehead atoms. The number of aryl methyl sites for hydroxylation is 1. The van der Waals surface area contributed by atoms with Crippen LogP contribution in [0.1, 0.15) is 29.6 Å². The summed E-state index contributed by atoms with van der Waals surface area (Å²) in [6, 6.07) is 11.4. The van der Waals surface area contributed by atoms with Crippen molar-refractivity contribution in [2.24, 2.45) is 7.05 Å². The number of rotatable bonds is 2. The van der Waals surface area contributed by atoms with E-state index in [1.54, 1.807) is 23.8 Å². The highest BCUT2D eigenvalue weighted by Gasteiger charge is 2.22. The third kappa shape index (κ3) is 2.90. The number of amides is 1. The molecule has 0 atom stereocenters. The Bertz CT molecular complexity index is 1300. The zero-order chi connectivity index (χ0) is 20.0. The molecule has 1 fully saturated rings. The minimum Gasteiger partial charge on any atom is -0.339 e. The predicted octanol–water partition coefficient (Wildman–Crippen LogP) is 2.87. The van der Waals surface area contributed by atoms with Crippen molar-refractivity contribution in [2.45, 2.75) is 19.3 Å². The number of fused-ring (bicyclic) bond motifs is 2. The molecule has 5 rings (SSSR count). The van der Waals surface area contributed by atoms with Crippen molar-refractivity contribution in [3.05, 3.63) is 64.8 Å². The molecule has 7 nitrogen and oxygen atoms in total. The molecule has 0 unspecified atom stereocenters. The van der Waals surface area contributed by atoms with Crippen LogP contribution in [-0.4, -0.2) is 43.1 Å². The number of nitrogens with zero attached hydrogens (tertiary/aromatic N) is 5. The first-order valence-corrected chi connectivity index (χ1v) is 9.85. The molecule has 0 saturated carbocycles. The first-order valence-electron chi connectivity index (χ1n) is 9.85. The zero-order valence-electron chi connectivity index (χ0n) is 16.2. The van der Waals surface area contributed by atoms with Gasteiger partial charge in [-0.25, -0.2) is 9.50 Å². The quantitative estimate of drug-likeness (QED) is 0.530. The average molecular weight is 387 g/mol. The lowest BCUT2D eigenvalue weighted by Crippen LogP contribution is -2.35. The molecular formula is C22H21N5O2. The van der Waals surface area contributed by atoms with Crippen LogP contribution in [0.5, 0.6) is 0 Å². The third-order valence-electron chi connectivity index (χ3n) is 5.63. The Morgan fingerprint density at radius 1 is 1.07 bits per heavy atom. The molecule has 1 aromatic carbocycles. The molecule has 1 aliphatic rings. The second-order valence-corrected chi connectivity index (χ2v) is 7.51. The van der Waals surface area contributed by atoms with Gasteiger partial charge in [-0.1, -0.05) is 12.1 Å². The van der Waals surface area contributed by atoms with Gasteiger partial charge in [0.2, 0.25) is 0 Å². The lowest BCUT2D eigenvalue weighted by atomic mass is 10.1. The monoisotopic (exact) mass is 387 g/mol. The molecule has 146 valence electrons. The van der Waals surface area contributed by atoms with Crippen LogP contribution in [0.3, 0.4) is 0 Å². The molecule has 1 aliphatic heterocycles. The van der Waals surface area contributed by atoms with E-state index in [9.17, 15) is 9.59 Å². The van der Waals surface area contributed by atoms with Crippen molar-refractivity contribution in [3.8, 4) is 11.3 Å². The van der Waals surface area contributed by atoms with E-state index in [0.717, 1.165) is 42.7 Å². The minimum absolute atomic E-state index is 0.0422. The van der Waals surface area contributed by atoms with Gasteiger partial charge in [0, 0.05) is 25.7 Å². The Morgan fingerprint density at radius 2 is 1.90 bits per heavy atom. The standard InChI is InChI=1S/C22H21N5O2/c1-25-14-23-18-12-15(8-9-16(18)21(25)28)19-6-5-7-20-17(13-24-27(19)20)22(29)26-10-3-2-4-11-26/h5-9,12-14H,2-4,10-11H2,1H3. The summed E-state index contributed by atoms with van der Waals surface area (Å²) in [6.07, 6.45) is 6.48. The predicted molar refractivity (Wildman–Crippen MR) is 111 cm³/mol. The van der Waals surface area contributed by atoms with Crippen LogP contribution in [0.15, 0.2) is 53.7 Å². The van der Waals surface area contributed by atoms with Crippen molar-refractivity contribution < 1.29 is 4.79 Å². The van der Waals surface area contributed by atoms with Crippen LogP contribution >= 0.6 is 0 Å². The molecule has 4 aromatic rings. The van der Waals surface area contributed by atoms with Crippen molar-refractivity contribution in [1.82, 2.24) is 24.1 Å². The van der Waals surface area contributed by atoms with Gasteiger partial charge in [-0.3, -0.25) is 9.59 Å². The number of hydrogen-bond acceptors (Lipinski definition) is 4. The van der Waals surface area contributed by atoms with Gasteiger partial charge in [0.05, 0.1) is 40.2 Å². The van der Waals surface area contributed by atoms with Crippen molar-refractivity contribution in [1.29, 1.82) is 0 Å².